The Morgan fingerprint density at radius 1 is 1.41 bits per heavy atom. The summed E-state index contributed by atoms with van der Waals surface area (Å²) < 4.78 is 4.67. The Kier molecular flexibility index (Phi) is 2.87. The second kappa shape index (κ2) is 4.48. The normalized spacial score (nSPS) is 10.8. The van der Waals surface area contributed by atoms with Gasteiger partial charge in [0, 0.05) is 18.3 Å². The fourth-order valence-corrected chi connectivity index (χ4v) is 1.24. The van der Waals surface area contributed by atoms with Crippen molar-refractivity contribution in [1.82, 2.24) is 0 Å². The molecule has 6 heteroatoms. The van der Waals surface area contributed by atoms with Crippen LogP contribution in [0.3, 0.4) is 0 Å². The Labute approximate surface area is 96.0 Å². The van der Waals surface area contributed by atoms with Crippen molar-refractivity contribution in [2.45, 2.75) is 0 Å². The highest BCUT2D eigenvalue weighted by Crippen LogP contribution is 2.21. The van der Waals surface area contributed by atoms with Crippen molar-refractivity contribution in [3.8, 4) is 5.95 Å². The van der Waals surface area contributed by atoms with E-state index in [1.165, 1.54) is 30.7 Å². The van der Waals surface area contributed by atoms with E-state index in [0.717, 1.165) is 0 Å². The first-order valence-corrected chi connectivity index (χ1v) is 4.72. The van der Waals surface area contributed by atoms with Crippen LogP contribution in [0.4, 0.5) is 11.4 Å². The van der Waals surface area contributed by atoms with Crippen molar-refractivity contribution >= 4 is 17.6 Å². The zero-order valence-corrected chi connectivity index (χ0v) is 8.61. The predicted octanol–water partition coefficient (Wildman–Crippen LogP) is 2.64. The summed E-state index contributed by atoms with van der Waals surface area (Å²) in [5.74, 6) is -0.237. The van der Waals surface area contributed by atoms with Crippen molar-refractivity contribution < 1.29 is 14.4 Å². The van der Waals surface area contributed by atoms with Gasteiger partial charge in [0.2, 0.25) is 0 Å². The smallest absolute Gasteiger partial charge is 0.290 e. The second-order valence-corrected chi connectivity index (χ2v) is 3.22. The van der Waals surface area contributed by atoms with E-state index in [-0.39, 0.29) is 11.6 Å². The van der Waals surface area contributed by atoms with Crippen molar-refractivity contribution in [1.29, 1.82) is 0 Å². The van der Waals surface area contributed by atoms with E-state index in [1.807, 2.05) is 0 Å². The third kappa shape index (κ3) is 2.49. The van der Waals surface area contributed by atoms with Gasteiger partial charge in [-0.25, -0.2) is 0 Å². The summed E-state index contributed by atoms with van der Waals surface area (Å²) in [6, 6.07) is 7.43. The van der Waals surface area contributed by atoms with Gasteiger partial charge < -0.3 is 9.52 Å². The highest BCUT2D eigenvalue weighted by molar-refractivity contribution is 5.84. The molecule has 0 aliphatic heterocycles. The third-order valence-electron chi connectivity index (χ3n) is 2.07. The van der Waals surface area contributed by atoms with Crippen LogP contribution in [-0.2, 0) is 0 Å². The molecule has 2 rings (SSSR count). The van der Waals surface area contributed by atoms with E-state index in [4.69, 9.17) is 0 Å². The molecule has 0 atom stereocenters. The lowest BCUT2D eigenvalue weighted by molar-refractivity contribution is -0.384. The molecular weight excluding hydrogens is 224 g/mol. The maximum atomic E-state index is 10.5. The second-order valence-electron chi connectivity index (χ2n) is 3.22. The molecule has 0 aliphatic rings. The van der Waals surface area contributed by atoms with Gasteiger partial charge in [-0.1, -0.05) is 6.07 Å². The molecule has 0 fully saturated rings. The Morgan fingerprint density at radius 3 is 2.88 bits per heavy atom. The molecule has 0 unspecified atom stereocenters. The SMILES string of the molecule is O=[N+]([O-])c1cccc(N=Cc2ccoc2O)c1. The average Bonchev–Trinajstić information content (AvgIpc) is 2.72. The number of hydrogen-bond acceptors (Lipinski definition) is 5. The molecule has 0 saturated carbocycles. The maximum Gasteiger partial charge on any atom is 0.290 e. The van der Waals surface area contributed by atoms with Crippen LogP contribution in [0.25, 0.3) is 0 Å². The molecule has 0 amide bonds. The van der Waals surface area contributed by atoms with Gasteiger partial charge in [-0.3, -0.25) is 15.1 Å². The van der Waals surface area contributed by atoms with Crippen LogP contribution in [0.2, 0.25) is 0 Å². The molecular formula is C11H8N2O4. The molecule has 1 aromatic heterocycles. The maximum absolute atomic E-state index is 10.5. The molecule has 6 nitrogen and oxygen atoms in total. The van der Waals surface area contributed by atoms with Crippen molar-refractivity contribution in [2.24, 2.45) is 4.99 Å². The minimum atomic E-state index is -0.492. The first kappa shape index (κ1) is 10.9. The fraction of sp³-hybridized carbons (Fsp3) is 0. The van der Waals surface area contributed by atoms with Crippen molar-refractivity contribution in [3.05, 3.63) is 52.3 Å². The summed E-state index contributed by atoms with van der Waals surface area (Å²) in [6.07, 6.45) is 2.70. The van der Waals surface area contributed by atoms with E-state index in [0.29, 0.717) is 11.3 Å². The standard InChI is InChI=1S/C11H8N2O4/c14-11-8(4-5-17-11)7-12-9-2-1-3-10(6-9)13(15)16/h1-7,14H. The van der Waals surface area contributed by atoms with Crippen LogP contribution < -0.4 is 0 Å². The van der Waals surface area contributed by atoms with Crippen LogP contribution in [0.5, 0.6) is 5.95 Å². The summed E-state index contributed by atoms with van der Waals surface area (Å²) >= 11 is 0. The van der Waals surface area contributed by atoms with Gasteiger partial charge in [-0.05, 0) is 12.1 Å². The number of benzene rings is 1. The Bertz CT molecular complexity index is 574. The third-order valence-corrected chi connectivity index (χ3v) is 2.07. The van der Waals surface area contributed by atoms with E-state index >= 15 is 0 Å². The Hall–Kier alpha value is -2.63. The quantitative estimate of drug-likeness (QED) is 0.500. The number of nitro benzene ring substituents is 1. The number of hydrogen-bond donors (Lipinski definition) is 1. The van der Waals surface area contributed by atoms with Gasteiger partial charge in [0.15, 0.2) is 0 Å². The summed E-state index contributed by atoms with van der Waals surface area (Å²) in [4.78, 5) is 14.1. The Morgan fingerprint density at radius 2 is 2.24 bits per heavy atom. The molecule has 0 bridgehead atoms. The fourth-order valence-electron chi connectivity index (χ4n) is 1.24. The van der Waals surface area contributed by atoms with Gasteiger partial charge in [-0.2, -0.15) is 0 Å². The molecule has 0 saturated heterocycles. The van der Waals surface area contributed by atoms with Crippen LogP contribution >= 0.6 is 0 Å². The number of aliphatic imine (C=N–C) groups is 1. The molecule has 1 N–H and O–H groups in total. The number of rotatable bonds is 3. The summed E-state index contributed by atoms with van der Waals surface area (Å²) in [5.41, 5.74) is 0.812. The lowest BCUT2D eigenvalue weighted by atomic mass is 10.3. The lowest BCUT2D eigenvalue weighted by Gasteiger charge is -1.93. The molecule has 0 aliphatic carbocycles. The minimum Gasteiger partial charge on any atom is -0.480 e. The summed E-state index contributed by atoms with van der Waals surface area (Å²) in [6.45, 7) is 0. The highest BCUT2D eigenvalue weighted by atomic mass is 16.6. The van der Waals surface area contributed by atoms with Crippen LogP contribution in [0, 0.1) is 10.1 Å². The monoisotopic (exact) mass is 232 g/mol. The molecule has 1 aromatic carbocycles. The summed E-state index contributed by atoms with van der Waals surface area (Å²) in [5, 5.41) is 19.7. The molecule has 0 spiro atoms. The number of nitro groups is 1. The zero-order chi connectivity index (χ0) is 12.3. The number of aromatic hydroxyl groups is 1. The Balaban J connectivity index is 2.24. The van der Waals surface area contributed by atoms with Crippen LogP contribution in [-0.4, -0.2) is 16.2 Å². The number of furan rings is 1. The van der Waals surface area contributed by atoms with Gasteiger partial charge in [0.1, 0.15) is 0 Å². The highest BCUT2D eigenvalue weighted by Gasteiger charge is 2.05. The van der Waals surface area contributed by atoms with E-state index in [2.05, 4.69) is 9.41 Å². The van der Waals surface area contributed by atoms with Gasteiger partial charge in [0.25, 0.3) is 11.6 Å². The predicted molar refractivity (Wildman–Crippen MR) is 60.7 cm³/mol. The minimum absolute atomic E-state index is 0.0314. The average molecular weight is 232 g/mol. The summed E-state index contributed by atoms with van der Waals surface area (Å²) in [7, 11) is 0. The van der Waals surface area contributed by atoms with E-state index in [9.17, 15) is 15.2 Å². The van der Waals surface area contributed by atoms with Gasteiger partial charge in [-0.15, -0.1) is 0 Å². The lowest BCUT2D eigenvalue weighted by Crippen LogP contribution is -1.86. The molecule has 86 valence electrons. The van der Waals surface area contributed by atoms with Crippen molar-refractivity contribution in [2.75, 3.05) is 0 Å². The molecule has 17 heavy (non-hydrogen) atoms. The van der Waals surface area contributed by atoms with Gasteiger partial charge >= 0.3 is 0 Å². The topological polar surface area (TPSA) is 88.9 Å². The van der Waals surface area contributed by atoms with Crippen LogP contribution in [0.1, 0.15) is 5.56 Å². The molecule has 1 heterocycles. The van der Waals surface area contributed by atoms with Gasteiger partial charge in [0.05, 0.1) is 22.4 Å². The van der Waals surface area contributed by atoms with E-state index in [1.54, 1.807) is 12.1 Å². The first-order valence-electron chi connectivity index (χ1n) is 4.72. The van der Waals surface area contributed by atoms with Crippen LogP contribution in [0.15, 0.2) is 46.0 Å². The van der Waals surface area contributed by atoms with Crippen molar-refractivity contribution in [3.63, 3.8) is 0 Å². The zero-order valence-electron chi connectivity index (χ0n) is 8.61. The van der Waals surface area contributed by atoms with E-state index < -0.39 is 4.92 Å². The number of non-ortho nitro benzene ring substituents is 1. The largest absolute Gasteiger partial charge is 0.480 e. The number of nitrogens with zero attached hydrogens (tertiary/aromatic N) is 2. The molecule has 2 aromatic rings. The molecule has 0 radical (unpaired) electrons. The first-order chi connectivity index (χ1) is 8.16.